The maximum Gasteiger partial charge on any atom is 0.232 e. The molecule has 2 aromatic rings. The van der Waals surface area contributed by atoms with E-state index in [0.29, 0.717) is 6.04 Å². The van der Waals surface area contributed by atoms with Gasteiger partial charge in [0.1, 0.15) is 0 Å². The maximum absolute atomic E-state index is 12.7. The fourth-order valence-corrected chi connectivity index (χ4v) is 3.61. The number of aliphatic hydroxyl groups is 1. The van der Waals surface area contributed by atoms with Crippen LogP contribution in [-0.2, 0) is 10.2 Å². The second-order valence-corrected chi connectivity index (χ2v) is 7.93. The van der Waals surface area contributed by atoms with Crippen molar-refractivity contribution in [3.8, 4) is 0 Å². The second-order valence-electron chi connectivity index (χ2n) is 7.93. The van der Waals surface area contributed by atoms with E-state index in [1.807, 2.05) is 114 Å². The zero-order valence-electron chi connectivity index (χ0n) is 21.1. The highest BCUT2D eigenvalue weighted by Crippen LogP contribution is 2.29. The van der Waals surface area contributed by atoms with Gasteiger partial charge in [-0.3, -0.25) is 4.79 Å². The van der Waals surface area contributed by atoms with Crippen LogP contribution in [0.15, 0.2) is 60.7 Å². The molecule has 0 aliphatic heterocycles. The number of likely N-dealkylation sites (N-methyl/N-ethyl adjacent to an activating group) is 1. The van der Waals surface area contributed by atoms with Gasteiger partial charge in [0.25, 0.3) is 0 Å². The van der Waals surface area contributed by atoms with Crippen LogP contribution in [0.2, 0.25) is 0 Å². The van der Waals surface area contributed by atoms with Gasteiger partial charge < -0.3 is 10.0 Å². The van der Waals surface area contributed by atoms with Crippen molar-refractivity contribution >= 4 is 5.91 Å². The van der Waals surface area contributed by atoms with E-state index in [-0.39, 0.29) is 12.0 Å². The van der Waals surface area contributed by atoms with Gasteiger partial charge in [0, 0.05) is 13.1 Å². The number of carbonyl (C=O) groups is 1. The van der Waals surface area contributed by atoms with Crippen molar-refractivity contribution in [2.24, 2.45) is 0 Å². The highest BCUT2D eigenvalue weighted by atomic mass is 16.3. The van der Waals surface area contributed by atoms with Gasteiger partial charge in [-0.15, -0.1) is 0 Å². The molecule has 0 heterocycles. The van der Waals surface area contributed by atoms with E-state index in [0.717, 1.165) is 24.0 Å². The maximum atomic E-state index is 12.7. The Morgan fingerprint density at radius 1 is 0.903 bits per heavy atom. The van der Waals surface area contributed by atoms with Crippen LogP contribution in [0.5, 0.6) is 0 Å². The molecule has 0 bridgehead atoms. The molecule has 1 unspecified atom stereocenters. The van der Waals surface area contributed by atoms with E-state index in [1.165, 1.54) is 12.8 Å². The first-order valence-corrected chi connectivity index (χ1v) is 11.9. The lowest BCUT2D eigenvalue weighted by atomic mass is 9.83. The summed E-state index contributed by atoms with van der Waals surface area (Å²) in [6.07, 6.45) is 4.49. The van der Waals surface area contributed by atoms with Gasteiger partial charge in [-0.1, -0.05) is 101 Å². The van der Waals surface area contributed by atoms with Crippen LogP contribution in [-0.4, -0.2) is 29.0 Å². The lowest BCUT2D eigenvalue weighted by Gasteiger charge is -2.33. The molecule has 3 nitrogen and oxygen atoms in total. The van der Waals surface area contributed by atoms with Gasteiger partial charge in [-0.05, 0) is 44.7 Å². The van der Waals surface area contributed by atoms with Crippen molar-refractivity contribution in [1.82, 2.24) is 4.90 Å². The van der Waals surface area contributed by atoms with E-state index in [2.05, 4.69) is 0 Å². The number of hydrogen-bond acceptors (Lipinski definition) is 2. The molecule has 0 radical (unpaired) electrons. The molecule has 1 saturated carbocycles. The molecule has 0 aromatic heterocycles. The minimum atomic E-state index is -0.432. The molecule has 3 rings (SSSR count). The van der Waals surface area contributed by atoms with E-state index in [9.17, 15) is 4.79 Å². The first-order valence-electron chi connectivity index (χ1n) is 11.9. The van der Waals surface area contributed by atoms with Crippen molar-refractivity contribution in [3.05, 3.63) is 71.8 Å². The fraction of sp³-hybridized carbons (Fsp3) is 0.536. The molecule has 1 fully saturated rings. The molecule has 2 aromatic carbocycles. The summed E-state index contributed by atoms with van der Waals surface area (Å²) in [5.74, 6) is 0.237. The summed E-state index contributed by atoms with van der Waals surface area (Å²) in [6, 6.07) is 20.1. The average molecular weight is 428 g/mol. The lowest BCUT2D eigenvalue weighted by Crippen LogP contribution is -2.45. The Bertz CT molecular complexity index is 689. The van der Waals surface area contributed by atoms with E-state index >= 15 is 0 Å². The second kappa shape index (κ2) is 15.6. The number of hydrogen-bond donors (Lipinski definition) is 1. The Kier molecular flexibility index (Phi) is 14.6. The monoisotopic (exact) mass is 427 g/mol. The van der Waals surface area contributed by atoms with Crippen LogP contribution >= 0.6 is 0 Å². The molecule has 1 aliphatic carbocycles. The highest BCUT2D eigenvalue weighted by molar-refractivity contribution is 5.87. The molecule has 3 heteroatoms. The first kappa shape index (κ1) is 28.9. The summed E-state index contributed by atoms with van der Waals surface area (Å²) < 4.78 is 0. The molecular weight excluding hydrogens is 382 g/mol. The zero-order chi connectivity index (χ0) is 23.9. The first-order chi connectivity index (χ1) is 14.8. The molecule has 1 aliphatic rings. The van der Waals surface area contributed by atoms with Gasteiger partial charge in [0.05, 0.1) is 11.5 Å². The third kappa shape index (κ3) is 9.26. The van der Waals surface area contributed by atoms with Crippen molar-refractivity contribution in [2.45, 2.75) is 91.7 Å². The van der Waals surface area contributed by atoms with Crippen molar-refractivity contribution in [2.75, 3.05) is 7.05 Å². The number of aliphatic hydroxyl groups excluding tert-OH is 1. The smallest absolute Gasteiger partial charge is 0.232 e. The summed E-state index contributed by atoms with van der Waals surface area (Å²) in [4.78, 5) is 14.7. The normalized spacial score (nSPS) is 14.0. The van der Waals surface area contributed by atoms with E-state index in [4.69, 9.17) is 5.11 Å². The average Bonchev–Trinajstić information content (AvgIpc) is 3.37. The standard InChI is InChI=1S/C16H23NO.C8H10O.2C2H6/c1-16(2,13-9-5-4-6-10-13)15(18)17(3)14-11-7-8-12-14;1-7(9)8-5-3-2-4-6-8;2*1-2/h4-6,9-10,14H,7-8,11-12H2,1-3H3;2-7,9H,1H3;2*1-2H3. The largest absolute Gasteiger partial charge is 0.389 e. The van der Waals surface area contributed by atoms with E-state index < -0.39 is 5.41 Å². The number of carbonyl (C=O) groups excluding carboxylic acids is 1. The molecule has 31 heavy (non-hydrogen) atoms. The lowest BCUT2D eigenvalue weighted by molar-refractivity contribution is -0.137. The third-order valence-corrected chi connectivity index (χ3v) is 5.50. The van der Waals surface area contributed by atoms with Crippen LogP contribution in [0, 0.1) is 0 Å². The number of benzene rings is 2. The molecule has 174 valence electrons. The third-order valence-electron chi connectivity index (χ3n) is 5.50. The summed E-state index contributed by atoms with van der Waals surface area (Å²) in [7, 11) is 1.96. The molecule has 1 N–H and O–H groups in total. The number of amides is 1. The summed E-state index contributed by atoms with van der Waals surface area (Å²) in [6.45, 7) is 13.8. The zero-order valence-corrected chi connectivity index (χ0v) is 21.1. The number of nitrogens with zero attached hydrogens (tertiary/aromatic N) is 1. The van der Waals surface area contributed by atoms with Crippen LogP contribution in [0.4, 0.5) is 0 Å². The van der Waals surface area contributed by atoms with Crippen LogP contribution < -0.4 is 0 Å². The van der Waals surface area contributed by atoms with Gasteiger partial charge in [-0.25, -0.2) is 0 Å². The fourth-order valence-electron chi connectivity index (χ4n) is 3.61. The molecule has 1 atom stereocenters. The van der Waals surface area contributed by atoms with Crippen LogP contribution in [0.3, 0.4) is 0 Å². The van der Waals surface area contributed by atoms with Gasteiger partial charge in [-0.2, -0.15) is 0 Å². The summed E-state index contributed by atoms with van der Waals surface area (Å²) >= 11 is 0. The SMILES string of the molecule is CC.CC.CC(O)c1ccccc1.CN(C(=O)C(C)(C)c1ccccc1)C1CCCC1. The van der Waals surface area contributed by atoms with Crippen molar-refractivity contribution in [1.29, 1.82) is 0 Å². The number of rotatable bonds is 4. The predicted octanol–water partition coefficient (Wildman–Crippen LogP) is 7.16. The Hall–Kier alpha value is -2.13. The highest BCUT2D eigenvalue weighted by Gasteiger charge is 2.35. The Balaban J connectivity index is 0.000000582. The van der Waals surface area contributed by atoms with Gasteiger partial charge >= 0.3 is 0 Å². The Morgan fingerprint density at radius 2 is 1.32 bits per heavy atom. The van der Waals surface area contributed by atoms with Gasteiger partial charge in [0.2, 0.25) is 5.91 Å². The summed E-state index contributed by atoms with van der Waals surface area (Å²) in [5.41, 5.74) is 1.64. The topological polar surface area (TPSA) is 40.5 Å². The molecule has 1 amide bonds. The van der Waals surface area contributed by atoms with Crippen LogP contribution in [0.1, 0.15) is 91.4 Å². The Morgan fingerprint density at radius 3 is 1.71 bits per heavy atom. The molecule has 0 spiro atoms. The quantitative estimate of drug-likeness (QED) is 0.562. The van der Waals surface area contributed by atoms with Crippen molar-refractivity contribution in [3.63, 3.8) is 0 Å². The van der Waals surface area contributed by atoms with E-state index in [1.54, 1.807) is 6.92 Å². The minimum Gasteiger partial charge on any atom is -0.389 e. The van der Waals surface area contributed by atoms with Crippen molar-refractivity contribution < 1.29 is 9.90 Å². The molecule has 0 saturated heterocycles. The Labute approximate surface area is 191 Å². The minimum absolute atomic E-state index is 0.237. The van der Waals surface area contributed by atoms with Crippen LogP contribution in [0.25, 0.3) is 0 Å². The van der Waals surface area contributed by atoms with Gasteiger partial charge in [0.15, 0.2) is 0 Å². The summed E-state index contributed by atoms with van der Waals surface area (Å²) in [5, 5.41) is 9.02. The molecular formula is C28H45NO2. The predicted molar refractivity (Wildman–Crippen MR) is 134 cm³/mol.